The molecule has 0 unspecified atom stereocenters. The lowest BCUT2D eigenvalue weighted by molar-refractivity contribution is -0.139. The largest absolute Gasteiger partial charge is 0.405 e. The maximum atomic E-state index is 12.0. The second kappa shape index (κ2) is 7.86. The zero-order chi connectivity index (χ0) is 15.0. The number of carbonyl (C=O) groups excluding carboxylic acids is 1. The van der Waals surface area contributed by atoms with Gasteiger partial charge < -0.3 is 11.1 Å². The Kier molecular flexibility index (Phi) is 6.47. The third kappa shape index (κ3) is 7.10. The summed E-state index contributed by atoms with van der Waals surface area (Å²) < 4.78 is 36.0. The molecule has 0 spiro atoms. The van der Waals surface area contributed by atoms with Crippen LogP contribution in [0.15, 0.2) is 30.3 Å². The summed E-state index contributed by atoms with van der Waals surface area (Å²) in [7, 11) is 0. The number of amides is 1. The van der Waals surface area contributed by atoms with Crippen molar-refractivity contribution in [2.75, 3.05) is 26.2 Å². The minimum absolute atomic E-state index is 0.109. The Balaban J connectivity index is 2.48. The van der Waals surface area contributed by atoms with Crippen LogP contribution in [0.5, 0.6) is 0 Å². The minimum Gasteiger partial charge on any atom is -0.346 e. The summed E-state index contributed by atoms with van der Waals surface area (Å²) >= 11 is 0. The maximum absolute atomic E-state index is 12.0. The molecular formula is C13H18F3N3O. The average Bonchev–Trinajstić information content (AvgIpc) is 2.37. The topological polar surface area (TPSA) is 58.4 Å². The third-order valence-electron chi connectivity index (χ3n) is 2.55. The van der Waals surface area contributed by atoms with Crippen molar-refractivity contribution in [1.29, 1.82) is 0 Å². The molecule has 0 aliphatic heterocycles. The van der Waals surface area contributed by atoms with Gasteiger partial charge in [0.25, 0.3) is 0 Å². The van der Waals surface area contributed by atoms with E-state index >= 15 is 0 Å². The van der Waals surface area contributed by atoms with Gasteiger partial charge in [0.1, 0.15) is 6.54 Å². The second-order valence-electron chi connectivity index (χ2n) is 4.38. The van der Waals surface area contributed by atoms with Crippen molar-refractivity contribution in [2.45, 2.75) is 12.7 Å². The third-order valence-corrected chi connectivity index (χ3v) is 2.55. The van der Waals surface area contributed by atoms with Gasteiger partial charge in [-0.15, -0.1) is 0 Å². The quantitative estimate of drug-likeness (QED) is 0.791. The highest BCUT2D eigenvalue weighted by atomic mass is 19.4. The van der Waals surface area contributed by atoms with Crippen LogP contribution in [0.25, 0.3) is 0 Å². The van der Waals surface area contributed by atoms with Crippen LogP contribution in [-0.4, -0.2) is 43.2 Å². The van der Waals surface area contributed by atoms with Gasteiger partial charge in [0.2, 0.25) is 5.91 Å². The van der Waals surface area contributed by atoms with Gasteiger partial charge in [-0.05, 0) is 5.56 Å². The van der Waals surface area contributed by atoms with Crippen LogP contribution in [0.2, 0.25) is 0 Å². The highest BCUT2D eigenvalue weighted by Crippen LogP contribution is 2.12. The summed E-state index contributed by atoms with van der Waals surface area (Å²) in [5.74, 6) is -0.660. The second-order valence-corrected chi connectivity index (χ2v) is 4.38. The van der Waals surface area contributed by atoms with E-state index in [2.05, 4.69) is 0 Å². The molecule has 0 aliphatic carbocycles. The highest BCUT2D eigenvalue weighted by molar-refractivity contribution is 5.78. The summed E-state index contributed by atoms with van der Waals surface area (Å²) in [6, 6.07) is 9.36. The van der Waals surface area contributed by atoms with E-state index in [1.807, 2.05) is 35.6 Å². The minimum atomic E-state index is -4.40. The van der Waals surface area contributed by atoms with Crippen LogP contribution in [0.3, 0.4) is 0 Å². The van der Waals surface area contributed by atoms with Crippen molar-refractivity contribution in [3.8, 4) is 0 Å². The Labute approximate surface area is 115 Å². The number of benzene rings is 1. The number of alkyl halides is 3. The molecule has 0 saturated carbocycles. The molecule has 0 aromatic heterocycles. The predicted octanol–water partition coefficient (Wildman–Crippen LogP) is 1.13. The Morgan fingerprint density at radius 3 is 2.45 bits per heavy atom. The first-order valence-corrected chi connectivity index (χ1v) is 6.20. The number of hydrogen-bond donors (Lipinski definition) is 2. The first-order valence-electron chi connectivity index (χ1n) is 6.20. The fraction of sp³-hybridized carbons (Fsp3) is 0.462. The fourth-order valence-electron chi connectivity index (χ4n) is 1.70. The van der Waals surface area contributed by atoms with Crippen LogP contribution in [0.4, 0.5) is 13.2 Å². The number of hydrogen-bond acceptors (Lipinski definition) is 3. The molecule has 4 nitrogen and oxygen atoms in total. The van der Waals surface area contributed by atoms with Crippen molar-refractivity contribution < 1.29 is 18.0 Å². The van der Waals surface area contributed by atoms with E-state index in [0.29, 0.717) is 19.6 Å². The summed E-state index contributed by atoms with van der Waals surface area (Å²) in [5, 5.41) is 1.85. The molecular weight excluding hydrogens is 271 g/mol. The van der Waals surface area contributed by atoms with E-state index in [9.17, 15) is 18.0 Å². The SMILES string of the molecule is NCCN(CC(=O)NCC(F)(F)F)Cc1ccccc1. The van der Waals surface area contributed by atoms with Crippen LogP contribution < -0.4 is 11.1 Å². The number of halogens is 3. The van der Waals surface area contributed by atoms with Crippen LogP contribution in [0.1, 0.15) is 5.56 Å². The van der Waals surface area contributed by atoms with Crippen molar-refractivity contribution in [3.63, 3.8) is 0 Å². The molecule has 7 heteroatoms. The molecule has 112 valence electrons. The molecule has 1 amide bonds. The monoisotopic (exact) mass is 289 g/mol. The van der Waals surface area contributed by atoms with E-state index in [0.717, 1.165) is 5.56 Å². The van der Waals surface area contributed by atoms with E-state index < -0.39 is 18.6 Å². The molecule has 0 atom stereocenters. The molecule has 1 rings (SSSR count). The van der Waals surface area contributed by atoms with E-state index in [-0.39, 0.29) is 6.54 Å². The van der Waals surface area contributed by atoms with Gasteiger partial charge >= 0.3 is 6.18 Å². The van der Waals surface area contributed by atoms with Gasteiger partial charge in [-0.2, -0.15) is 13.2 Å². The van der Waals surface area contributed by atoms with E-state index in [1.165, 1.54) is 0 Å². The Morgan fingerprint density at radius 2 is 1.90 bits per heavy atom. The van der Waals surface area contributed by atoms with E-state index in [1.54, 1.807) is 4.90 Å². The van der Waals surface area contributed by atoms with Gasteiger partial charge in [0.05, 0.1) is 6.54 Å². The Bertz CT molecular complexity index is 409. The smallest absolute Gasteiger partial charge is 0.346 e. The molecule has 0 heterocycles. The molecule has 20 heavy (non-hydrogen) atoms. The van der Waals surface area contributed by atoms with Crippen LogP contribution >= 0.6 is 0 Å². The van der Waals surface area contributed by atoms with Gasteiger partial charge in [-0.3, -0.25) is 9.69 Å². The Hall–Kier alpha value is -1.60. The molecule has 0 fully saturated rings. The Morgan fingerprint density at radius 1 is 1.25 bits per heavy atom. The number of nitrogens with one attached hydrogen (secondary N) is 1. The van der Waals surface area contributed by atoms with E-state index in [4.69, 9.17) is 5.73 Å². The van der Waals surface area contributed by atoms with Crippen molar-refractivity contribution in [1.82, 2.24) is 10.2 Å². The normalized spacial score (nSPS) is 11.7. The molecule has 0 aliphatic rings. The zero-order valence-corrected chi connectivity index (χ0v) is 11.0. The molecule has 0 bridgehead atoms. The number of carbonyl (C=O) groups is 1. The van der Waals surface area contributed by atoms with Crippen molar-refractivity contribution in [3.05, 3.63) is 35.9 Å². The average molecular weight is 289 g/mol. The molecule has 1 aromatic rings. The van der Waals surface area contributed by atoms with Crippen molar-refractivity contribution in [2.24, 2.45) is 5.73 Å². The highest BCUT2D eigenvalue weighted by Gasteiger charge is 2.27. The maximum Gasteiger partial charge on any atom is 0.405 e. The number of nitrogens with two attached hydrogens (primary N) is 1. The summed E-state index contributed by atoms with van der Waals surface area (Å²) in [6.45, 7) is -0.180. The first-order chi connectivity index (χ1) is 9.40. The first kappa shape index (κ1) is 16.5. The summed E-state index contributed by atoms with van der Waals surface area (Å²) in [5.41, 5.74) is 6.43. The molecule has 0 radical (unpaired) electrons. The summed E-state index contributed by atoms with van der Waals surface area (Å²) in [4.78, 5) is 13.2. The van der Waals surface area contributed by atoms with Gasteiger partial charge in [0, 0.05) is 19.6 Å². The standard InChI is InChI=1S/C13H18F3N3O/c14-13(15,16)10-18-12(20)9-19(7-6-17)8-11-4-2-1-3-5-11/h1-5H,6-10,17H2,(H,18,20). The predicted molar refractivity (Wildman–Crippen MR) is 69.8 cm³/mol. The molecule has 1 aromatic carbocycles. The van der Waals surface area contributed by atoms with Crippen molar-refractivity contribution >= 4 is 5.91 Å². The zero-order valence-electron chi connectivity index (χ0n) is 11.0. The fourth-order valence-corrected chi connectivity index (χ4v) is 1.70. The number of nitrogens with zero attached hydrogens (tertiary/aromatic N) is 1. The molecule has 0 saturated heterocycles. The lowest BCUT2D eigenvalue weighted by Gasteiger charge is -2.21. The molecule has 3 N–H and O–H groups in total. The van der Waals surface area contributed by atoms with Gasteiger partial charge in [-0.25, -0.2) is 0 Å². The number of rotatable bonds is 7. The van der Waals surface area contributed by atoms with Crippen LogP contribution in [-0.2, 0) is 11.3 Å². The lowest BCUT2D eigenvalue weighted by atomic mass is 10.2. The van der Waals surface area contributed by atoms with Gasteiger partial charge in [0.15, 0.2) is 0 Å². The lowest BCUT2D eigenvalue weighted by Crippen LogP contribution is -2.42. The van der Waals surface area contributed by atoms with Gasteiger partial charge in [-0.1, -0.05) is 30.3 Å². The summed E-state index contributed by atoms with van der Waals surface area (Å²) in [6.07, 6.45) is -4.40. The van der Waals surface area contributed by atoms with Crippen LogP contribution in [0, 0.1) is 0 Å².